The van der Waals surface area contributed by atoms with Crippen LogP contribution in [0.3, 0.4) is 0 Å². The lowest BCUT2D eigenvalue weighted by Crippen LogP contribution is -2.50. The number of unbranched alkanes of at least 4 members (excludes halogenated alkanes) is 5. The van der Waals surface area contributed by atoms with Crippen molar-refractivity contribution in [3.8, 4) is 5.75 Å². The van der Waals surface area contributed by atoms with Gasteiger partial charge in [-0.1, -0.05) is 63.3 Å². The van der Waals surface area contributed by atoms with E-state index >= 15 is 0 Å². The molecule has 2 aromatic rings. The average molecular weight is 566 g/mol. The third-order valence-electron chi connectivity index (χ3n) is 7.96. The first-order chi connectivity index (χ1) is 19.9. The molecule has 2 amide bonds. The number of nitrogens with one attached hydrogen (secondary N) is 2. The highest BCUT2D eigenvalue weighted by atomic mass is 16.5. The largest absolute Gasteiger partial charge is 0.489 e. The summed E-state index contributed by atoms with van der Waals surface area (Å²) in [4.78, 5) is 37.5. The molecule has 0 bridgehead atoms. The van der Waals surface area contributed by atoms with E-state index in [1.807, 2.05) is 30.3 Å². The molecule has 1 aliphatic carbocycles. The standard InChI is InChI=1S/C33H47N3O5/c1-2-3-4-5-6-7-19-35-32(38)30(36-31(37)27-15-11-25(22-34)12-16-27)21-24-13-17-29(18-14-24)41-23-26-9-8-10-28(20-26)33(39)40/h8-10,13-14,17-18,20,25,27,30H,2-7,11-12,15-16,19,21-23,34H2,1H3,(H,35,38)(H,36,37)(H,39,40)/t25?,27?,30-/m0/s1. The maximum Gasteiger partial charge on any atom is 0.335 e. The van der Waals surface area contributed by atoms with Crippen LogP contribution in [0.25, 0.3) is 0 Å². The first kappa shape index (κ1) is 32.1. The molecule has 1 saturated carbocycles. The molecule has 8 heteroatoms. The molecule has 3 rings (SSSR count). The molecule has 1 atom stereocenters. The van der Waals surface area contributed by atoms with Gasteiger partial charge in [-0.05, 0) is 80.0 Å². The van der Waals surface area contributed by atoms with Crippen molar-refractivity contribution < 1.29 is 24.2 Å². The summed E-state index contributed by atoms with van der Waals surface area (Å²) in [5, 5.41) is 15.3. The van der Waals surface area contributed by atoms with Gasteiger partial charge >= 0.3 is 5.97 Å². The second-order valence-corrected chi connectivity index (χ2v) is 11.2. The number of ether oxygens (including phenoxy) is 1. The molecule has 5 N–H and O–H groups in total. The van der Waals surface area contributed by atoms with Crippen LogP contribution in [0.1, 0.15) is 92.6 Å². The SMILES string of the molecule is CCCCCCCCNC(=O)[C@H](Cc1ccc(OCc2cccc(C(=O)O)c2)cc1)NC(=O)C1CCC(CN)CC1. The zero-order chi connectivity index (χ0) is 29.5. The van der Waals surface area contributed by atoms with Gasteiger partial charge in [0.15, 0.2) is 0 Å². The van der Waals surface area contributed by atoms with Crippen molar-refractivity contribution in [2.75, 3.05) is 13.1 Å². The molecule has 0 spiro atoms. The third-order valence-corrected chi connectivity index (χ3v) is 7.96. The third kappa shape index (κ3) is 11.2. The number of carbonyl (C=O) groups is 3. The smallest absolute Gasteiger partial charge is 0.335 e. The number of nitrogens with two attached hydrogens (primary N) is 1. The van der Waals surface area contributed by atoms with Crippen molar-refractivity contribution in [2.24, 2.45) is 17.6 Å². The van der Waals surface area contributed by atoms with Crippen LogP contribution in [0, 0.1) is 11.8 Å². The van der Waals surface area contributed by atoms with Crippen molar-refractivity contribution in [1.29, 1.82) is 0 Å². The minimum atomic E-state index is -0.975. The van der Waals surface area contributed by atoms with Gasteiger partial charge in [-0.15, -0.1) is 0 Å². The van der Waals surface area contributed by atoms with E-state index in [2.05, 4.69) is 17.6 Å². The molecule has 0 aromatic heterocycles. The number of benzene rings is 2. The van der Waals surface area contributed by atoms with Crippen LogP contribution in [-0.2, 0) is 22.6 Å². The summed E-state index contributed by atoms with van der Waals surface area (Å²) in [5.74, 6) is -0.138. The Morgan fingerprint density at radius 3 is 2.34 bits per heavy atom. The summed E-state index contributed by atoms with van der Waals surface area (Å²) in [7, 11) is 0. The van der Waals surface area contributed by atoms with Gasteiger partial charge in [0.25, 0.3) is 0 Å². The van der Waals surface area contributed by atoms with Gasteiger partial charge in [-0.25, -0.2) is 4.79 Å². The first-order valence-electron chi connectivity index (χ1n) is 15.2. The first-order valence-corrected chi connectivity index (χ1v) is 15.2. The highest BCUT2D eigenvalue weighted by Gasteiger charge is 2.29. The van der Waals surface area contributed by atoms with Crippen molar-refractivity contribution >= 4 is 17.8 Å². The van der Waals surface area contributed by atoms with E-state index in [0.717, 1.165) is 49.7 Å². The Balaban J connectivity index is 1.57. The number of carboxylic acids is 1. The monoisotopic (exact) mass is 565 g/mol. The van der Waals surface area contributed by atoms with E-state index in [-0.39, 0.29) is 29.9 Å². The Morgan fingerprint density at radius 2 is 1.66 bits per heavy atom. The van der Waals surface area contributed by atoms with E-state index in [4.69, 9.17) is 10.5 Å². The van der Waals surface area contributed by atoms with Crippen LogP contribution in [-0.4, -0.2) is 42.0 Å². The van der Waals surface area contributed by atoms with Gasteiger partial charge in [0.2, 0.25) is 11.8 Å². The fourth-order valence-electron chi connectivity index (χ4n) is 5.32. The van der Waals surface area contributed by atoms with Crippen molar-refractivity contribution in [1.82, 2.24) is 10.6 Å². The lowest BCUT2D eigenvalue weighted by Gasteiger charge is -2.28. The summed E-state index contributed by atoms with van der Waals surface area (Å²) in [6.07, 6.45) is 10.8. The number of carboxylic acid groups (broad SMARTS) is 1. The minimum absolute atomic E-state index is 0.0521. The highest BCUT2D eigenvalue weighted by molar-refractivity contribution is 5.89. The predicted octanol–water partition coefficient (Wildman–Crippen LogP) is 5.23. The Morgan fingerprint density at radius 1 is 0.951 bits per heavy atom. The maximum atomic E-state index is 13.2. The second kappa shape index (κ2) is 17.4. The molecule has 0 aliphatic heterocycles. The molecule has 0 radical (unpaired) electrons. The average Bonchev–Trinajstić information content (AvgIpc) is 3.00. The molecule has 8 nitrogen and oxygen atoms in total. The highest BCUT2D eigenvalue weighted by Crippen LogP contribution is 2.28. The fourth-order valence-corrected chi connectivity index (χ4v) is 5.32. The van der Waals surface area contributed by atoms with E-state index in [9.17, 15) is 19.5 Å². The van der Waals surface area contributed by atoms with Crippen molar-refractivity contribution in [3.63, 3.8) is 0 Å². The quantitative estimate of drug-likeness (QED) is 0.194. The second-order valence-electron chi connectivity index (χ2n) is 11.2. The number of rotatable bonds is 17. The Hall–Kier alpha value is -3.39. The number of hydrogen-bond acceptors (Lipinski definition) is 5. The van der Waals surface area contributed by atoms with Crippen molar-refractivity contribution in [2.45, 2.75) is 90.2 Å². The Kier molecular flexibility index (Phi) is 13.7. The van der Waals surface area contributed by atoms with Crippen LogP contribution < -0.4 is 21.1 Å². The molecular formula is C33H47N3O5. The van der Waals surface area contributed by atoms with Gasteiger partial charge in [0.1, 0.15) is 18.4 Å². The predicted molar refractivity (Wildman–Crippen MR) is 161 cm³/mol. The van der Waals surface area contributed by atoms with Crippen LogP contribution in [0.2, 0.25) is 0 Å². The normalized spacial score (nSPS) is 17.4. The summed E-state index contributed by atoms with van der Waals surface area (Å²) in [6.45, 7) is 3.70. The lowest BCUT2D eigenvalue weighted by atomic mass is 9.81. The van der Waals surface area contributed by atoms with Gasteiger partial charge in [-0.2, -0.15) is 0 Å². The topological polar surface area (TPSA) is 131 Å². The molecule has 2 aromatic carbocycles. The summed E-state index contributed by atoms with van der Waals surface area (Å²) >= 11 is 0. The number of aromatic carboxylic acids is 1. The van der Waals surface area contributed by atoms with Crippen LogP contribution in [0.5, 0.6) is 5.75 Å². The van der Waals surface area contributed by atoms with Crippen LogP contribution >= 0.6 is 0 Å². The zero-order valence-corrected chi connectivity index (χ0v) is 24.4. The Labute approximate surface area is 244 Å². The van der Waals surface area contributed by atoms with E-state index in [1.165, 1.54) is 25.7 Å². The minimum Gasteiger partial charge on any atom is -0.489 e. The van der Waals surface area contributed by atoms with Gasteiger partial charge in [-0.3, -0.25) is 9.59 Å². The van der Waals surface area contributed by atoms with Gasteiger partial charge < -0.3 is 26.2 Å². The number of amides is 2. The molecular weight excluding hydrogens is 518 g/mol. The van der Waals surface area contributed by atoms with E-state index in [0.29, 0.717) is 31.2 Å². The fraction of sp³-hybridized carbons (Fsp3) is 0.545. The van der Waals surface area contributed by atoms with Crippen LogP contribution in [0.4, 0.5) is 0 Å². The Bertz CT molecular complexity index is 1100. The zero-order valence-electron chi connectivity index (χ0n) is 24.4. The lowest BCUT2D eigenvalue weighted by molar-refractivity contribution is -0.131. The summed E-state index contributed by atoms with van der Waals surface area (Å²) in [6, 6.07) is 13.5. The molecule has 41 heavy (non-hydrogen) atoms. The molecule has 0 heterocycles. The molecule has 1 fully saturated rings. The van der Waals surface area contributed by atoms with E-state index < -0.39 is 12.0 Å². The van der Waals surface area contributed by atoms with Crippen LogP contribution in [0.15, 0.2) is 48.5 Å². The van der Waals surface area contributed by atoms with Gasteiger partial charge in [0.05, 0.1) is 5.56 Å². The van der Waals surface area contributed by atoms with E-state index in [1.54, 1.807) is 18.2 Å². The molecule has 1 aliphatic rings. The van der Waals surface area contributed by atoms with Crippen molar-refractivity contribution in [3.05, 3.63) is 65.2 Å². The summed E-state index contributed by atoms with van der Waals surface area (Å²) in [5.41, 5.74) is 7.71. The van der Waals surface area contributed by atoms with Gasteiger partial charge in [0, 0.05) is 18.9 Å². The number of carbonyl (C=O) groups excluding carboxylic acids is 2. The molecule has 0 unspecified atom stereocenters. The number of hydrogen-bond donors (Lipinski definition) is 4. The summed E-state index contributed by atoms with van der Waals surface area (Å²) < 4.78 is 5.85. The molecule has 0 saturated heterocycles. The molecule has 224 valence electrons. The maximum absolute atomic E-state index is 13.2.